The first-order valence-electron chi connectivity index (χ1n) is 8.00. The lowest BCUT2D eigenvalue weighted by Gasteiger charge is -2.09. The highest BCUT2D eigenvalue weighted by atomic mass is 16.6. The predicted molar refractivity (Wildman–Crippen MR) is 98.6 cm³/mol. The van der Waals surface area contributed by atoms with Gasteiger partial charge in [0.15, 0.2) is 5.76 Å². The summed E-state index contributed by atoms with van der Waals surface area (Å²) in [5, 5.41) is 32.5. The summed E-state index contributed by atoms with van der Waals surface area (Å²) in [5.41, 5.74) is 0.135. The van der Waals surface area contributed by atoms with Gasteiger partial charge < -0.3 is 19.9 Å². The highest BCUT2D eigenvalue weighted by Gasteiger charge is 2.20. The number of aryl methyl sites for hydroxylation is 1. The van der Waals surface area contributed by atoms with E-state index < -0.39 is 16.8 Å². The Morgan fingerprint density at radius 3 is 2.54 bits per heavy atom. The van der Waals surface area contributed by atoms with Gasteiger partial charge in [-0.25, -0.2) is 4.79 Å². The fourth-order valence-electron chi connectivity index (χ4n) is 2.65. The number of anilines is 1. The molecule has 0 radical (unpaired) electrons. The molecule has 142 valence electrons. The summed E-state index contributed by atoms with van der Waals surface area (Å²) in [7, 11) is 0. The van der Waals surface area contributed by atoms with Crippen molar-refractivity contribution < 1.29 is 29.1 Å². The number of phenols is 1. The lowest BCUT2D eigenvalue weighted by atomic mass is 10.1. The van der Waals surface area contributed by atoms with E-state index in [4.69, 9.17) is 9.52 Å². The van der Waals surface area contributed by atoms with E-state index in [9.17, 15) is 24.8 Å². The number of nitro groups is 1. The first kappa shape index (κ1) is 18.6. The third-order valence-corrected chi connectivity index (χ3v) is 3.98. The summed E-state index contributed by atoms with van der Waals surface area (Å²) >= 11 is 0. The number of carbonyl (C=O) groups excluding carboxylic acids is 1. The fraction of sp³-hybridized carbons (Fsp3) is 0.0526. The SMILES string of the molecule is Cc1cc(NC(=O)c2ccc(-c3ccccc3[N+](=O)[O-])o2)cc(C(=O)O)c1O. The number of benzene rings is 2. The molecule has 1 amide bonds. The molecule has 3 N–H and O–H groups in total. The van der Waals surface area contributed by atoms with Gasteiger partial charge in [0.2, 0.25) is 0 Å². The third kappa shape index (κ3) is 3.54. The van der Waals surface area contributed by atoms with Crippen LogP contribution in [0.25, 0.3) is 11.3 Å². The molecular weight excluding hydrogens is 368 g/mol. The Morgan fingerprint density at radius 2 is 1.86 bits per heavy atom. The molecule has 1 aromatic heterocycles. The van der Waals surface area contributed by atoms with Crippen LogP contribution in [-0.4, -0.2) is 27.0 Å². The third-order valence-electron chi connectivity index (χ3n) is 3.98. The van der Waals surface area contributed by atoms with E-state index in [0.29, 0.717) is 0 Å². The van der Waals surface area contributed by atoms with Gasteiger partial charge in [-0.2, -0.15) is 0 Å². The molecule has 0 saturated heterocycles. The maximum Gasteiger partial charge on any atom is 0.339 e. The molecule has 3 rings (SSSR count). The molecule has 9 nitrogen and oxygen atoms in total. The maximum absolute atomic E-state index is 12.4. The number of hydrogen-bond acceptors (Lipinski definition) is 6. The van der Waals surface area contributed by atoms with Gasteiger partial charge in [0, 0.05) is 11.8 Å². The van der Waals surface area contributed by atoms with Crippen molar-refractivity contribution in [3.63, 3.8) is 0 Å². The Labute approximate surface area is 158 Å². The highest BCUT2D eigenvalue weighted by Crippen LogP contribution is 2.31. The van der Waals surface area contributed by atoms with E-state index in [0.717, 1.165) is 6.07 Å². The first-order chi connectivity index (χ1) is 13.3. The number of aromatic hydroxyl groups is 1. The van der Waals surface area contributed by atoms with Crippen molar-refractivity contribution in [3.8, 4) is 17.1 Å². The molecule has 2 aromatic carbocycles. The van der Waals surface area contributed by atoms with E-state index in [1.165, 1.54) is 43.3 Å². The zero-order valence-electron chi connectivity index (χ0n) is 14.5. The average Bonchev–Trinajstić information content (AvgIpc) is 3.14. The van der Waals surface area contributed by atoms with Crippen LogP contribution in [0.5, 0.6) is 5.75 Å². The number of carbonyl (C=O) groups is 2. The molecule has 0 aliphatic rings. The average molecular weight is 382 g/mol. The predicted octanol–water partition coefficient (Wildman–Crippen LogP) is 3.82. The van der Waals surface area contributed by atoms with Crippen LogP contribution in [0.4, 0.5) is 11.4 Å². The minimum absolute atomic E-state index is 0.115. The Bertz CT molecular complexity index is 1100. The van der Waals surface area contributed by atoms with Crippen LogP contribution in [0.2, 0.25) is 0 Å². The van der Waals surface area contributed by atoms with Crippen molar-refractivity contribution in [2.45, 2.75) is 6.92 Å². The van der Waals surface area contributed by atoms with Gasteiger partial charge in [-0.3, -0.25) is 14.9 Å². The van der Waals surface area contributed by atoms with Crippen molar-refractivity contribution in [2.75, 3.05) is 5.32 Å². The second kappa shape index (κ2) is 7.23. The fourth-order valence-corrected chi connectivity index (χ4v) is 2.65. The Hall–Kier alpha value is -4.14. The van der Waals surface area contributed by atoms with Crippen LogP contribution in [0.3, 0.4) is 0 Å². The van der Waals surface area contributed by atoms with E-state index in [2.05, 4.69) is 5.32 Å². The summed E-state index contributed by atoms with van der Waals surface area (Å²) in [6.07, 6.45) is 0. The number of carboxylic acids is 1. The van der Waals surface area contributed by atoms with E-state index in [1.54, 1.807) is 6.07 Å². The largest absolute Gasteiger partial charge is 0.507 e. The van der Waals surface area contributed by atoms with E-state index in [1.807, 2.05) is 0 Å². The summed E-state index contributed by atoms with van der Waals surface area (Å²) in [4.78, 5) is 34.2. The van der Waals surface area contributed by atoms with Crippen LogP contribution in [0, 0.1) is 17.0 Å². The molecule has 0 aliphatic heterocycles. The van der Waals surface area contributed by atoms with Crippen LogP contribution in [0.15, 0.2) is 52.9 Å². The maximum atomic E-state index is 12.4. The van der Waals surface area contributed by atoms with Gasteiger partial charge in [-0.15, -0.1) is 0 Å². The van der Waals surface area contributed by atoms with Crippen LogP contribution < -0.4 is 5.32 Å². The Kier molecular flexibility index (Phi) is 4.82. The number of aromatic carboxylic acids is 1. The molecule has 1 heterocycles. The molecule has 0 spiro atoms. The normalized spacial score (nSPS) is 10.5. The monoisotopic (exact) mass is 382 g/mol. The number of nitro benzene ring substituents is 1. The highest BCUT2D eigenvalue weighted by molar-refractivity contribution is 6.03. The van der Waals surface area contributed by atoms with E-state index in [-0.39, 0.29) is 45.3 Å². The van der Waals surface area contributed by atoms with Gasteiger partial charge in [-0.1, -0.05) is 12.1 Å². The minimum Gasteiger partial charge on any atom is -0.507 e. The van der Waals surface area contributed by atoms with Gasteiger partial charge in [0.1, 0.15) is 17.1 Å². The second-order valence-electron chi connectivity index (χ2n) is 5.89. The minimum atomic E-state index is -1.34. The van der Waals surface area contributed by atoms with Crippen molar-refractivity contribution in [1.29, 1.82) is 0 Å². The van der Waals surface area contributed by atoms with Gasteiger partial charge >= 0.3 is 5.97 Å². The lowest BCUT2D eigenvalue weighted by molar-refractivity contribution is -0.384. The Morgan fingerprint density at radius 1 is 1.14 bits per heavy atom. The molecular formula is C19H14N2O7. The zero-order chi connectivity index (χ0) is 20.4. The van der Waals surface area contributed by atoms with Crippen molar-refractivity contribution in [2.24, 2.45) is 0 Å². The summed E-state index contributed by atoms with van der Waals surface area (Å²) in [6.45, 7) is 1.50. The summed E-state index contributed by atoms with van der Waals surface area (Å²) in [6, 6.07) is 11.3. The zero-order valence-corrected chi connectivity index (χ0v) is 14.5. The standard InChI is InChI=1S/C19H14N2O7/c1-10-8-11(9-13(17(10)22)19(24)25)20-18(23)16-7-6-15(28-16)12-4-2-3-5-14(12)21(26)27/h2-9,22H,1H3,(H,20,23)(H,24,25). The number of carboxylic acid groups (broad SMARTS) is 1. The number of nitrogens with one attached hydrogen (secondary N) is 1. The second-order valence-corrected chi connectivity index (χ2v) is 5.89. The number of furan rings is 1. The smallest absolute Gasteiger partial charge is 0.339 e. The molecule has 0 saturated carbocycles. The topological polar surface area (TPSA) is 143 Å². The van der Waals surface area contributed by atoms with Crippen molar-refractivity contribution in [3.05, 3.63) is 75.5 Å². The molecule has 9 heteroatoms. The van der Waals surface area contributed by atoms with Crippen LogP contribution in [-0.2, 0) is 0 Å². The quantitative estimate of drug-likeness (QED) is 0.346. The van der Waals surface area contributed by atoms with Crippen LogP contribution >= 0.6 is 0 Å². The number of hydrogen-bond donors (Lipinski definition) is 3. The first-order valence-corrected chi connectivity index (χ1v) is 8.00. The molecule has 0 unspecified atom stereocenters. The number of para-hydroxylation sites is 1. The molecule has 3 aromatic rings. The van der Waals surface area contributed by atoms with Crippen molar-refractivity contribution >= 4 is 23.3 Å². The van der Waals surface area contributed by atoms with Crippen molar-refractivity contribution in [1.82, 2.24) is 0 Å². The summed E-state index contributed by atoms with van der Waals surface area (Å²) < 4.78 is 5.44. The molecule has 0 fully saturated rings. The molecule has 0 bridgehead atoms. The number of rotatable bonds is 5. The van der Waals surface area contributed by atoms with Gasteiger partial charge in [-0.05, 0) is 42.8 Å². The van der Waals surface area contributed by atoms with Gasteiger partial charge in [0.25, 0.3) is 11.6 Å². The number of amides is 1. The lowest BCUT2D eigenvalue weighted by Crippen LogP contribution is -2.12. The molecule has 28 heavy (non-hydrogen) atoms. The molecule has 0 atom stereocenters. The van der Waals surface area contributed by atoms with Crippen LogP contribution in [0.1, 0.15) is 26.5 Å². The Balaban J connectivity index is 1.88. The molecule has 0 aliphatic carbocycles. The van der Waals surface area contributed by atoms with Gasteiger partial charge in [0.05, 0.1) is 10.5 Å². The van der Waals surface area contributed by atoms with E-state index >= 15 is 0 Å². The summed E-state index contributed by atoms with van der Waals surface area (Å²) in [5.74, 6) is -2.37. The number of nitrogens with zero attached hydrogens (tertiary/aromatic N) is 1.